The average molecular weight is 293 g/mol. The van der Waals surface area contributed by atoms with E-state index in [1.165, 1.54) is 0 Å². The highest BCUT2D eigenvalue weighted by molar-refractivity contribution is 5.91. The van der Waals surface area contributed by atoms with Crippen LogP contribution in [0.2, 0.25) is 0 Å². The Morgan fingerprint density at radius 3 is 2.29 bits per heavy atom. The minimum absolute atomic E-state index is 0.0404. The fourth-order valence-electron chi connectivity index (χ4n) is 1.64. The standard InChI is InChI=1S/C15H23N3O3/c1-3-21-15(20)18-13-7-5-12(6-8-13)17-14(19)9-4-11(2)10-16/h5-8,11H,3-4,9-10,16H2,1-2H3,(H,17,19)(H,18,20). The van der Waals surface area contributed by atoms with Crippen LogP contribution < -0.4 is 16.4 Å². The number of hydrogen-bond acceptors (Lipinski definition) is 4. The molecule has 0 aromatic heterocycles. The lowest BCUT2D eigenvalue weighted by atomic mass is 10.1. The number of hydrogen-bond donors (Lipinski definition) is 3. The van der Waals surface area contributed by atoms with Crippen molar-refractivity contribution in [3.8, 4) is 0 Å². The number of benzene rings is 1. The first-order valence-electron chi connectivity index (χ1n) is 7.09. The summed E-state index contributed by atoms with van der Waals surface area (Å²) < 4.78 is 4.78. The van der Waals surface area contributed by atoms with Crippen molar-refractivity contribution in [3.05, 3.63) is 24.3 Å². The molecular formula is C15H23N3O3. The van der Waals surface area contributed by atoms with Crippen LogP contribution in [0.5, 0.6) is 0 Å². The SMILES string of the molecule is CCOC(=O)Nc1ccc(NC(=O)CCC(C)CN)cc1. The predicted octanol–water partition coefficient (Wildman–Crippen LogP) is 2.57. The Hall–Kier alpha value is -2.08. The van der Waals surface area contributed by atoms with Crippen LogP contribution in [0.4, 0.5) is 16.2 Å². The van der Waals surface area contributed by atoms with Crippen molar-refractivity contribution < 1.29 is 14.3 Å². The largest absolute Gasteiger partial charge is 0.450 e. The summed E-state index contributed by atoms with van der Waals surface area (Å²) in [6.45, 7) is 4.66. The number of nitrogens with two attached hydrogens (primary N) is 1. The maximum atomic E-state index is 11.7. The molecule has 0 radical (unpaired) electrons. The van der Waals surface area contributed by atoms with E-state index in [2.05, 4.69) is 10.6 Å². The highest BCUT2D eigenvalue weighted by Crippen LogP contribution is 2.14. The van der Waals surface area contributed by atoms with Gasteiger partial charge in [-0.2, -0.15) is 0 Å². The van der Waals surface area contributed by atoms with Gasteiger partial charge in [-0.25, -0.2) is 4.79 Å². The Kier molecular flexibility index (Phi) is 7.25. The molecule has 0 spiro atoms. The van der Waals surface area contributed by atoms with Gasteiger partial charge in [0.15, 0.2) is 0 Å². The van der Waals surface area contributed by atoms with Crippen LogP contribution in [0.25, 0.3) is 0 Å². The van der Waals surface area contributed by atoms with E-state index < -0.39 is 6.09 Å². The lowest BCUT2D eigenvalue weighted by Gasteiger charge is -2.09. The molecule has 6 heteroatoms. The Balaban J connectivity index is 2.43. The second-order valence-electron chi connectivity index (χ2n) is 4.85. The number of carbonyl (C=O) groups excluding carboxylic acids is 2. The van der Waals surface area contributed by atoms with Gasteiger partial charge in [0.2, 0.25) is 5.91 Å². The highest BCUT2D eigenvalue weighted by atomic mass is 16.5. The van der Waals surface area contributed by atoms with Gasteiger partial charge < -0.3 is 15.8 Å². The van der Waals surface area contributed by atoms with Gasteiger partial charge in [0.1, 0.15) is 0 Å². The monoisotopic (exact) mass is 293 g/mol. The molecule has 6 nitrogen and oxygen atoms in total. The average Bonchev–Trinajstić information content (AvgIpc) is 2.47. The summed E-state index contributed by atoms with van der Waals surface area (Å²) in [5.41, 5.74) is 6.82. The van der Waals surface area contributed by atoms with Crippen molar-refractivity contribution in [2.45, 2.75) is 26.7 Å². The maximum absolute atomic E-state index is 11.7. The quantitative estimate of drug-likeness (QED) is 0.720. The number of nitrogens with one attached hydrogen (secondary N) is 2. The van der Waals surface area contributed by atoms with Crippen LogP contribution in [-0.4, -0.2) is 25.2 Å². The fraction of sp³-hybridized carbons (Fsp3) is 0.467. The second kappa shape index (κ2) is 8.97. The van der Waals surface area contributed by atoms with Crippen molar-refractivity contribution in [1.82, 2.24) is 0 Å². The van der Waals surface area contributed by atoms with Crippen molar-refractivity contribution in [2.75, 3.05) is 23.8 Å². The van der Waals surface area contributed by atoms with E-state index in [9.17, 15) is 9.59 Å². The zero-order chi connectivity index (χ0) is 15.7. The van der Waals surface area contributed by atoms with Crippen LogP contribution in [0.15, 0.2) is 24.3 Å². The summed E-state index contributed by atoms with van der Waals surface area (Å²) in [6.07, 6.45) is 0.719. The molecule has 0 aliphatic rings. The number of ether oxygens (including phenoxy) is 1. The summed E-state index contributed by atoms with van der Waals surface area (Å²) >= 11 is 0. The van der Waals surface area contributed by atoms with E-state index in [4.69, 9.17) is 10.5 Å². The molecule has 21 heavy (non-hydrogen) atoms. The minimum atomic E-state index is -0.495. The van der Waals surface area contributed by atoms with E-state index in [1.807, 2.05) is 6.92 Å². The van der Waals surface area contributed by atoms with E-state index in [-0.39, 0.29) is 5.91 Å². The molecule has 1 unspecified atom stereocenters. The molecule has 0 heterocycles. The van der Waals surface area contributed by atoms with E-state index in [0.717, 1.165) is 6.42 Å². The molecule has 0 aliphatic heterocycles. The van der Waals surface area contributed by atoms with Crippen LogP contribution in [-0.2, 0) is 9.53 Å². The van der Waals surface area contributed by atoms with Crippen molar-refractivity contribution in [1.29, 1.82) is 0 Å². The van der Waals surface area contributed by atoms with Crippen LogP contribution in [0.1, 0.15) is 26.7 Å². The van der Waals surface area contributed by atoms with E-state index >= 15 is 0 Å². The molecule has 0 fully saturated rings. The molecule has 1 aromatic carbocycles. The van der Waals surface area contributed by atoms with Gasteiger partial charge in [-0.05, 0) is 50.1 Å². The molecule has 1 aromatic rings. The maximum Gasteiger partial charge on any atom is 0.411 e. The molecule has 1 atom stereocenters. The normalized spacial score (nSPS) is 11.6. The summed E-state index contributed by atoms with van der Waals surface area (Å²) in [6, 6.07) is 6.86. The Morgan fingerprint density at radius 2 is 1.76 bits per heavy atom. The third-order valence-electron chi connectivity index (χ3n) is 2.96. The predicted molar refractivity (Wildman–Crippen MR) is 83.2 cm³/mol. The zero-order valence-electron chi connectivity index (χ0n) is 12.5. The van der Waals surface area contributed by atoms with Crippen molar-refractivity contribution in [3.63, 3.8) is 0 Å². The number of anilines is 2. The molecule has 0 saturated carbocycles. The number of amides is 2. The molecule has 0 saturated heterocycles. The lowest BCUT2D eigenvalue weighted by molar-refractivity contribution is -0.116. The van der Waals surface area contributed by atoms with Gasteiger partial charge in [-0.3, -0.25) is 10.1 Å². The van der Waals surface area contributed by atoms with Gasteiger partial charge in [-0.15, -0.1) is 0 Å². The van der Waals surface area contributed by atoms with E-state index in [1.54, 1.807) is 31.2 Å². The topological polar surface area (TPSA) is 93.5 Å². The summed E-state index contributed by atoms with van der Waals surface area (Å²) in [5.74, 6) is 0.299. The van der Waals surface area contributed by atoms with Crippen LogP contribution in [0.3, 0.4) is 0 Å². The van der Waals surface area contributed by atoms with Crippen LogP contribution in [0, 0.1) is 5.92 Å². The van der Waals surface area contributed by atoms with Gasteiger partial charge >= 0.3 is 6.09 Å². The van der Waals surface area contributed by atoms with Gasteiger partial charge in [-0.1, -0.05) is 6.92 Å². The van der Waals surface area contributed by atoms with E-state index in [0.29, 0.717) is 36.9 Å². The second-order valence-corrected chi connectivity index (χ2v) is 4.85. The minimum Gasteiger partial charge on any atom is -0.450 e. The van der Waals surface area contributed by atoms with Gasteiger partial charge in [0.25, 0.3) is 0 Å². The first kappa shape index (κ1) is 17.0. The third-order valence-corrected chi connectivity index (χ3v) is 2.96. The van der Waals surface area contributed by atoms with Gasteiger partial charge in [0.05, 0.1) is 6.61 Å². The molecule has 116 valence electrons. The van der Waals surface area contributed by atoms with Crippen molar-refractivity contribution in [2.24, 2.45) is 11.7 Å². The molecule has 0 bridgehead atoms. The summed E-state index contributed by atoms with van der Waals surface area (Å²) in [4.78, 5) is 23.0. The molecule has 2 amide bonds. The summed E-state index contributed by atoms with van der Waals surface area (Å²) in [5, 5.41) is 5.39. The first-order chi connectivity index (χ1) is 10.0. The molecule has 4 N–H and O–H groups in total. The molecule has 1 rings (SSSR count). The zero-order valence-corrected chi connectivity index (χ0v) is 12.5. The third kappa shape index (κ3) is 6.76. The number of rotatable bonds is 7. The Labute approximate surface area is 125 Å². The fourth-order valence-corrected chi connectivity index (χ4v) is 1.64. The smallest absolute Gasteiger partial charge is 0.411 e. The highest BCUT2D eigenvalue weighted by Gasteiger charge is 2.06. The van der Waals surface area contributed by atoms with Crippen LogP contribution >= 0.6 is 0 Å². The Morgan fingerprint density at radius 1 is 1.19 bits per heavy atom. The van der Waals surface area contributed by atoms with Crippen molar-refractivity contribution >= 4 is 23.4 Å². The lowest BCUT2D eigenvalue weighted by Crippen LogP contribution is -2.16. The summed E-state index contributed by atoms with van der Waals surface area (Å²) in [7, 11) is 0. The molecular weight excluding hydrogens is 270 g/mol. The first-order valence-corrected chi connectivity index (χ1v) is 7.09. The Bertz CT molecular complexity index is 460. The molecule has 0 aliphatic carbocycles. The van der Waals surface area contributed by atoms with Gasteiger partial charge in [0, 0.05) is 17.8 Å². The number of carbonyl (C=O) groups is 2.